The fourth-order valence-electron chi connectivity index (χ4n) is 3.28. The Morgan fingerprint density at radius 2 is 1.92 bits per heavy atom. The molecule has 1 aromatic carbocycles. The quantitative estimate of drug-likeness (QED) is 0.828. The number of hydrogen-bond acceptors (Lipinski definition) is 5. The monoisotopic (exact) mass is 352 g/mol. The Balaban J connectivity index is 1.67. The highest BCUT2D eigenvalue weighted by Gasteiger charge is 2.27. The van der Waals surface area contributed by atoms with Crippen molar-refractivity contribution in [3.63, 3.8) is 0 Å². The lowest BCUT2D eigenvalue weighted by Crippen LogP contribution is -2.43. The average molecular weight is 352 g/mol. The lowest BCUT2D eigenvalue weighted by atomic mass is 10.00. The number of rotatable bonds is 5. The normalized spacial score (nSPS) is 17.0. The van der Waals surface area contributed by atoms with Gasteiger partial charge in [-0.1, -0.05) is 6.92 Å². The minimum absolute atomic E-state index is 0.0299. The number of aromatic nitrogens is 2. The number of carbonyl (C=O) groups is 2. The Kier molecular flexibility index (Phi) is 5.61. The summed E-state index contributed by atoms with van der Waals surface area (Å²) >= 11 is 0. The Hall–Kier alpha value is -2.76. The second kappa shape index (κ2) is 8.08. The minimum atomic E-state index is -0.0404. The SMILES string of the molecule is CCC1CCCCN1C(=O)c1cnc(Nc2ccc(C(C)=O)cc2)cn1. The average Bonchev–Trinajstić information content (AvgIpc) is 2.68. The van der Waals surface area contributed by atoms with E-state index in [1.165, 1.54) is 19.5 Å². The van der Waals surface area contributed by atoms with E-state index < -0.39 is 0 Å². The van der Waals surface area contributed by atoms with Crippen molar-refractivity contribution in [1.29, 1.82) is 0 Å². The van der Waals surface area contributed by atoms with Crippen LogP contribution in [0.3, 0.4) is 0 Å². The molecule has 1 aliphatic rings. The summed E-state index contributed by atoms with van der Waals surface area (Å²) < 4.78 is 0. The topological polar surface area (TPSA) is 75.2 Å². The van der Waals surface area contributed by atoms with Gasteiger partial charge in [-0.15, -0.1) is 0 Å². The minimum Gasteiger partial charge on any atom is -0.339 e. The number of hydrogen-bond donors (Lipinski definition) is 1. The van der Waals surface area contributed by atoms with Crippen LogP contribution < -0.4 is 5.32 Å². The van der Waals surface area contributed by atoms with E-state index in [0.717, 1.165) is 31.5 Å². The number of Topliss-reactive ketones (excluding diaryl/α,β-unsaturated/α-hetero) is 1. The summed E-state index contributed by atoms with van der Waals surface area (Å²) in [5.41, 5.74) is 1.85. The molecule has 1 saturated heterocycles. The first-order valence-corrected chi connectivity index (χ1v) is 9.09. The highest BCUT2D eigenvalue weighted by atomic mass is 16.2. The molecule has 2 aromatic rings. The number of amides is 1. The molecule has 0 bridgehead atoms. The van der Waals surface area contributed by atoms with Crippen LogP contribution in [0.25, 0.3) is 0 Å². The summed E-state index contributed by atoms with van der Waals surface area (Å²) in [4.78, 5) is 34.6. The molecule has 0 saturated carbocycles. The van der Waals surface area contributed by atoms with E-state index in [0.29, 0.717) is 23.1 Å². The Morgan fingerprint density at radius 1 is 1.15 bits per heavy atom. The zero-order valence-corrected chi connectivity index (χ0v) is 15.2. The second-order valence-electron chi connectivity index (χ2n) is 6.60. The Labute approximate surface area is 153 Å². The van der Waals surface area contributed by atoms with Crippen LogP contribution in [-0.4, -0.2) is 39.1 Å². The molecule has 1 atom stereocenters. The van der Waals surface area contributed by atoms with E-state index in [4.69, 9.17) is 0 Å². The van der Waals surface area contributed by atoms with Gasteiger partial charge in [0.15, 0.2) is 5.78 Å². The molecule has 2 heterocycles. The molecular weight excluding hydrogens is 328 g/mol. The molecule has 1 unspecified atom stereocenters. The van der Waals surface area contributed by atoms with Crippen LogP contribution in [0, 0.1) is 0 Å². The number of ketones is 1. The number of carbonyl (C=O) groups excluding carboxylic acids is 2. The standard InChI is InChI=1S/C20H24N4O2/c1-3-17-6-4-5-11-24(17)20(26)18-12-22-19(13-21-18)23-16-9-7-15(8-10-16)14(2)25/h7-10,12-13,17H,3-6,11H2,1-2H3,(H,22,23). The third-order valence-electron chi connectivity index (χ3n) is 4.79. The van der Waals surface area contributed by atoms with Crippen LogP contribution in [0.15, 0.2) is 36.7 Å². The van der Waals surface area contributed by atoms with Gasteiger partial charge in [-0.05, 0) is 56.9 Å². The van der Waals surface area contributed by atoms with E-state index >= 15 is 0 Å². The zero-order chi connectivity index (χ0) is 18.5. The van der Waals surface area contributed by atoms with Crippen LogP contribution in [-0.2, 0) is 0 Å². The number of benzene rings is 1. The number of piperidine rings is 1. The summed E-state index contributed by atoms with van der Waals surface area (Å²) in [6.45, 7) is 4.45. The van der Waals surface area contributed by atoms with Gasteiger partial charge in [0.1, 0.15) is 11.5 Å². The van der Waals surface area contributed by atoms with E-state index in [-0.39, 0.29) is 11.7 Å². The molecular formula is C20H24N4O2. The van der Waals surface area contributed by atoms with Gasteiger partial charge in [0.2, 0.25) is 0 Å². The van der Waals surface area contributed by atoms with Crippen LogP contribution in [0.1, 0.15) is 60.4 Å². The molecule has 1 amide bonds. The molecule has 1 aliphatic heterocycles. The number of likely N-dealkylation sites (tertiary alicyclic amines) is 1. The largest absolute Gasteiger partial charge is 0.339 e. The van der Waals surface area contributed by atoms with Gasteiger partial charge in [0.25, 0.3) is 5.91 Å². The van der Waals surface area contributed by atoms with Gasteiger partial charge in [0, 0.05) is 23.8 Å². The molecule has 0 spiro atoms. The van der Waals surface area contributed by atoms with Crippen LogP contribution in [0.4, 0.5) is 11.5 Å². The predicted octanol–water partition coefficient (Wildman–Crippen LogP) is 3.83. The van der Waals surface area contributed by atoms with Crippen molar-refractivity contribution in [2.45, 2.75) is 45.6 Å². The lowest BCUT2D eigenvalue weighted by Gasteiger charge is -2.34. The summed E-state index contributed by atoms with van der Waals surface area (Å²) in [7, 11) is 0. The molecule has 3 rings (SSSR count). The van der Waals surface area contributed by atoms with E-state index in [1.54, 1.807) is 18.3 Å². The van der Waals surface area contributed by atoms with Gasteiger partial charge in [-0.2, -0.15) is 0 Å². The van der Waals surface area contributed by atoms with Gasteiger partial charge >= 0.3 is 0 Å². The van der Waals surface area contributed by atoms with Crippen molar-refractivity contribution in [2.24, 2.45) is 0 Å². The molecule has 1 fully saturated rings. The van der Waals surface area contributed by atoms with Crippen molar-refractivity contribution < 1.29 is 9.59 Å². The Morgan fingerprint density at radius 3 is 2.54 bits per heavy atom. The number of nitrogens with zero attached hydrogens (tertiary/aromatic N) is 3. The second-order valence-corrected chi connectivity index (χ2v) is 6.60. The molecule has 1 aromatic heterocycles. The van der Waals surface area contributed by atoms with Crippen LogP contribution in [0.2, 0.25) is 0 Å². The molecule has 0 radical (unpaired) electrons. The summed E-state index contributed by atoms with van der Waals surface area (Å²) in [6.07, 6.45) is 7.35. The maximum absolute atomic E-state index is 12.7. The Bertz CT molecular complexity index is 771. The van der Waals surface area contributed by atoms with Crippen LogP contribution in [0.5, 0.6) is 0 Å². The molecule has 0 aliphatic carbocycles. The van der Waals surface area contributed by atoms with Crippen molar-refractivity contribution >= 4 is 23.2 Å². The van der Waals surface area contributed by atoms with Gasteiger partial charge in [-0.3, -0.25) is 9.59 Å². The van der Waals surface area contributed by atoms with Gasteiger partial charge < -0.3 is 10.2 Å². The van der Waals surface area contributed by atoms with Crippen LogP contribution >= 0.6 is 0 Å². The third-order valence-corrected chi connectivity index (χ3v) is 4.79. The predicted molar refractivity (Wildman–Crippen MR) is 101 cm³/mol. The van der Waals surface area contributed by atoms with Crippen molar-refractivity contribution in [2.75, 3.05) is 11.9 Å². The van der Waals surface area contributed by atoms with Crippen molar-refractivity contribution in [3.8, 4) is 0 Å². The van der Waals surface area contributed by atoms with Gasteiger partial charge in [0.05, 0.1) is 12.4 Å². The number of anilines is 2. The van der Waals surface area contributed by atoms with Crippen molar-refractivity contribution in [1.82, 2.24) is 14.9 Å². The molecule has 1 N–H and O–H groups in total. The maximum atomic E-state index is 12.7. The molecule has 136 valence electrons. The maximum Gasteiger partial charge on any atom is 0.274 e. The summed E-state index contributed by atoms with van der Waals surface area (Å²) in [5, 5.41) is 3.13. The van der Waals surface area contributed by atoms with E-state index in [1.807, 2.05) is 17.0 Å². The van der Waals surface area contributed by atoms with Gasteiger partial charge in [-0.25, -0.2) is 9.97 Å². The zero-order valence-electron chi connectivity index (χ0n) is 15.2. The lowest BCUT2D eigenvalue weighted by molar-refractivity contribution is 0.0601. The third kappa shape index (κ3) is 4.07. The van der Waals surface area contributed by atoms with E-state index in [2.05, 4.69) is 22.2 Å². The fourth-order valence-corrected chi connectivity index (χ4v) is 3.28. The first-order chi connectivity index (χ1) is 12.6. The highest BCUT2D eigenvalue weighted by Crippen LogP contribution is 2.21. The van der Waals surface area contributed by atoms with Crippen molar-refractivity contribution in [3.05, 3.63) is 47.9 Å². The van der Waals surface area contributed by atoms with E-state index in [9.17, 15) is 9.59 Å². The highest BCUT2D eigenvalue weighted by molar-refractivity contribution is 5.94. The number of nitrogens with one attached hydrogen (secondary N) is 1. The first-order valence-electron chi connectivity index (χ1n) is 9.09. The summed E-state index contributed by atoms with van der Waals surface area (Å²) in [6, 6.07) is 7.46. The first kappa shape index (κ1) is 18.0. The summed E-state index contributed by atoms with van der Waals surface area (Å²) in [5.74, 6) is 0.548. The molecule has 26 heavy (non-hydrogen) atoms. The smallest absolute Gasteiger partial charge is 0.274 e. The molecule has 6 heteroatoms. The fraction of sp³-hybridized carbons (Fsp3) is 0.400. The molecule has 6 nitrogen and oxygen atoms in total.